The molecule has 7 nitrogen and oxygen atoms in total. The van der Waals surface area contributed by atoms with Gasteiger partial charge in [0.25, 0.3) is 0 Å². The van der Waals surface area contributed by atoms with Crippen LogP contribution in [0.25, 0.3) is 0 Å². The number of rotatable bonds is 5. The molecule has 8 heteroatoms. The highest BCUT2D eigenvalue weighted by molar-refractivity contribution is 9.10. The number of fused-ring (bicyclic) bond motifs is 7. The summed E-state index contributed by atoms with van der Waals surface area (Å²) in [7, 11) is 0. The molecule has 1 aromatic carbocycles. The molecule has 1 heterocycles. The number of ether oxygens (including phenoxy) is 2. The summed E-state index contributed by atoms with van der Waals surface area (Å²) in [6.07, 6.45) is 7.71. The molecule has 1 aromatic rings. The molecular weight excluding hydrogens is 550 g/mol. The maximum absolute atomic E-state index is 13.2. The van der Waals surface area contributed by atoms with E-state index in [1.807, 2.05) is 30.3 Å². The smallest absolute Gasteiger partial charge is 0.193 e. The zero-order valence-corrected chi connectivity index (χ0v) is 23.7. The van der Waals surface area contributed by atoms with Gasteiger partial charge in [0.05, 0.1) is 12.2 Å². The Bertz CT molecular complexity index is 1230. The summed E-state index contributed by atoms with van der Waals surface area (Å²) in [5.41, 5.74) is 0.938. The van der Waals surface area contributed by atoms with Gasteiger partial charge in [-0.3, -0.25) is 4.79 Å². The number of benzene rings is 1. The molecule has 4 fully saturated rings. The van der Waals surface area contributed by atoms with Crippen LogP contribution in [-0.4, -0.2) is 52.4 Å². The molecule has 0 radical (unpaired) electrons. The average Bonchev–Trinajstić information content (AvgIpc) is 3.34. The number of hydrogen-bond acceptors (Lipinski definition) is 7. The highest BCUT2D eigenvalue weighted by atomic mass is 79.9. The third-order valence-corrected chi connectivity index (χ3v) is 11.1. The monoisotopic (exact) mass is 585 g/mol. The number of carbonyl (C=O) groups excluding carboxylic acids is 1. The lowest BCUT2D eigenvalue weighted by molar-refractivity contribution is -0.196. The predicted molar refractivity (Wildman–Crippen MR) is 145 cm³/mol. The van der Waals surface area contributed by atoms with Gasteiger partial charge in [0, 0.05) is 26.8 Å². The van der Waals surface area contributed by atoms with E-state index < -0.39 is 36.1 Å². The Kier molecular flexibility index (Phi) is 6.51. The Hall–Kier alpha value is -1.84. The van der Waals surface area contributed by atoms with Gasteiger partial charge in [-0.2, -0.15) is 0 Å². The number of hydrogen-bond donors (Lipinski definition) is 2. The quantitative estimate of drug-likeness (QED) is 0.486. The molecular formula is C30H36BrNO6. The van der Waals surface area contributed by atoms with Crippen molar-refractivity contribution in [3.05, 3.63) is 58.1 Å². The van der Waals surface area contributed by atoms with E-state index in [2.05, 4.69) is 47.1 Å². The molecule has 1 aliphatic heterocycles. The van der Waals surface area contributed by atoms with E-state index in [9.17, 15) is 15.0 Å². The second-order valence-corrected chi connectivity index (χ2v) is 12.9. The van der Waals surface area contributed by atoms with Crippen molar-refractivity contribution < 1.29 is 29.3 Å². The number of Topliss-reactive ketones (excluding diaryl/α,β-unsaturated/α-hetero) is 1. The van der Waals surface area contributed by atoms with E-state index in [1.54, 1.807) is 6.92 Å². The SMILES string of the molecule is CC1O[C@@H]2C[C@H]3[C@@H]4CCC5=C/C(=N\OCc6ccccc6Br)C=C[C@]5(C)[C@H]4[C@@H](O)C[C@]3(C)[C@]2(C(=O)CO)O1. The third-order valence-electron chi connectivity index (χ3n) is 10.3. The number of ketones is 1. The van der Waals surface area contributed by atoms with E-state index in [4.69, 9.17) is 14.3 Å². The second kappa shape index (κ2) is 9.37. The molecule has 4 aliphatic carbocycles. The van der Waals surface area contributed by atoms with Gasteiger partial charge in [0.2, 0.25) is 0 Å². The Morgan fingerprint density at radius 3 is 2.84 bits per heavy atom. The Morgan fingerprint density at radius 2 is 2.08 bits per heavy atom. The van der Waals surface area contributed by atoms with Crippen LogP contribution in [0.1, 0.15) is 52.0 Å². The Morgan fingerprint density at radius 1 is 1.29 bits per heavy atom. The highest BCUT2D eigenvalue weighted by Crippen LogP contribution is 2.69. The second-order valence-electron chi connectivity index (χ2n) is 12.1. The van der Waals surface area contributed by atoms with Crippen LogP contribution in [0, 0.1) is 28.6 Å². The number of carbonyl (C=O) groups is 1. The fourth-order valence-electron chi connectivity index (χ4n) is 8.72. The molecule has 38 heavy (non-hydrogen) atoms. The first-order valence-electron chi connectivity index (χ1n) is 13.6. The standard InChI is InChI=1S/C30H36BrNO6/c1-17-37-26-13-22-21-9-8-19-12-20(32-36-16-18-6-4-5-7-23(18)31)10-11-28(19,2)27(21)24(34)14-29(22,3)30(26,38-17)25(35)15-33/h4-7,10-12,17,21-22,24,26-27,33-34H,8-9,13-16H2,1-3H3/b32-20-/t17?,21-,22-,24-,26+,27+,28-,29-,30+/m0/s1. The van der Waals surface area contributed by atoms with Crippen LogP contribution in [-0.2, 0) is 25.7 Å². The van der Waals surface area contributed by atoms with E-state index in [0.717, 1.165) is 28.6 Å². The van der Waals surface area contributed by atoms with Crippen LogP contribution in [0.4, 0.5) is 0 Å². The third kappa shape index (κ3) is 3.67. The number of halogens is 1. The number of oxime groups is 1. The fourth-order valence-corrected chi connectivity index (χ4v) is 9.12. The fraction of sp³-hybridized carbons (Fsp3) is 0.600. The molecule has 9 atom stereocenters. The largest absolute Gasteiger partial charge is 0.393 e. The van der Waals surface area contributed by atoms with Gasteiger partial charge in [0.1, 0.15) is 18.9 Å². The lowest BCUT2D eigenvalue weighted by Gasteiger charge is -2.59. The summed E-state index contributed by atoms with van der Waals surface area (Å²) in [5.74, 6) is 0.0405. The van der Waals surface area contributed by atoms with Gasteiger partial charge in [-0.1, -0.05) is 64.8 Å². The molecule has 0 spiro atoms. The molecule has 1 saturated heterocycles. The first-order chi connectivity index (χ1) is 18.1. The maximum atomic E-state index is 13.2. The van der Waals surface area contributed by atoms with Crippen molar-refractivity contribution in [2.24, 2.45) is 33.7 Å². The van der Waals surface area contributed by atoms with Gasteiger partial charge < -0.3 is 24.5 Å². The van der Waals surface area contributed by atoms with Gasteiger partial charge in [0.15, 0.2) is 17.7 Å². The normalized spacial score (nSPS) is 44.2. The van der Waals surface area contributed by atoms with Gasteiger partial charge in [-0.15, -0.1) is 0 Å². The minimum absolute atomic E-state index is 0.0112. The van der Waals surface area contributed by atoms with E-state index in [-0.39, 0.29) is 29.0 Å². The molecule has 0 aromatic heterocycles. The van der Waals surface area contributed by atoms with Crippen LogP contribution in [0.3, 0.4) is 0 Å². The van der Waals surface area contributed by atoms with Crippen LogP contribution in [0.2, 0.25) is 0 Å². The van der Waals surface area contributed by atoms with Crippen LogP contribution < -0.4 is 0 Å². The first-order valence-corrected chi connectivity index (χ1v) is 14.4. The zero-order chi connectivity index (χ0) is 26.9. The predicted octanol–water partition coefficient (Wildman–Crippen LogP) is 4.70. The van der Waals surface area contributed by atoms with Gasteiger partial charge >= 0.3 is 0 Å². The lowest BCUT2D eigenvalue weighted by atomic mass is 9.46. The summed E-state index contributed by atoms with van der Waals surface area (Å²) < 4.78 is 13.4. The Balaban J connectivity index is 1.26. The van der Waals surface area contributed by atoms with Gasteiger partial charge in [-0.05, 0) is 62.7 Å². The van der Waals surface area contributed by atoms with Crippen molar-refractivity contribution in [3.8, 4) is 0 Å². The first kappa shape index (κ1) is 26.4. The van der Waals surface area contributed by atoms with Crippen molar-refractivity contribution in [3.63, 3.8) is 0 Å². The topological polar surface area (TPSA) is 97.6 Å². The van der Waals surface area contributed by atoms with Crippen LogP contribution in [0.5, 0.6) is 0 Å². The van der Waals surface area contributed by atoms with Crippen molar-refractivity contribution in [2.45, 2.75) is 77.2 Å². The van der Waals surface area contributed by atoms with Crippen molar-refractivity contribution in [1.82, 2.24) is 0 Å². The van der Waals surface area contributed by atoms with Crippen molar-refractivity contribution in [2.75, 3.05) is 6.61 Å². The molecule has 1 unspecified atom stereocenters. The average molecular weight is 587 g/mol. The van der Waals surface area contributed by atoms with Crippen LogP contribution >= 0.6 is 15.9 Å². The van der Waals surface area contributed by atoms with Crippen molar-refractivity contribution >= 4 is 27.4 Å². The number of allylic oxidation sites excluding steroid dienone is 4. The van der Waals surface area contributed by atoms with Crippen LogP contribution in [0.15, 0.2) is 57.7 Å². The molecule has 0 amide bonds. The summed E-state index contributed by atoms with van der Waals surface area (Å²) in [6, 6.07) is 7.93. The molecule has 2 N–H and O–H groups in total. The molecule has 3 saturated carbocycles. The molecule has 6 rings (SSSR count). The summed E-state index contributed by atoms with van der Waals surface area (Å²) >= 11 is 3.55. The van der Waals surface area contributed by atoms with E-state index in [0.29, 0.717) is 19.4 Å². The summed E-state index contributed by atoms with van der Waals surface area (Å²) in [6.45, 7) is 5.89. The number of nitrogens with zero attached hydrogens (tertiary/aromatic N) is 1. The van der Waals surface area contributed by atoms with Gasteiger partial charge in [-0.25, -0.2) is 0 Å². The van der Waals surface area contributed by atoms with Crippen molar-refractivity contribution in [1.29, 1.82) is 0 Å². The molecule has 5 aliphatic rings. The maximum Gasteiger partial charge on any atom is 0.193 e. The summed E-state index contributed by atoms with van der Waals surface area (Å²) in [5, 5.41) is 26.0. The summed E-state index contributed by atoms with van der Waals surface area (Å²) in [4.78, 5) is 18.9. The number of aliphatic hydroxyl groups is 2. The lowest BCUT2D eigenvalue weighted by Crippen LogP contribution is -2.63. The minimum Gasteiger partial charge on any atom is -0.393 e. The molecule has 204 valence electrons. The highest BCUT2D eigenvalue weighted by Gasteiger charge is 2.75. The van der Waals surface area contributed by atoms with E-state index in [1.165, 1.54) is 5.57 Å². The van der Waals surface area contributed by atoms with E-state index >= 15 is 0 Å². The number of aliphatic hydroxyl groups excluding tert-OH is 2. The molecule has 0 bridgehead atoms. The zero-order valence-electron chi connectivity index (χ0n) is 22.1. The Labute approximate surface area is 232 Å². The minimum atomic E-state index is -1.21.